The molecule has 2 amide bonds. The van der Waals surface area contributed by atoms with Crippen molar-refractivity contribution in [2.75, 3.05) is 30.9 Å². The van der Waals surface area contributed by atoms with Crippen molar-refractivity contribution >= 4 is 55.9 Å². The number of hydrogen-bond donors (Lipinski definition) is 1. The zero-order valence-electron chi connectivity index (χ0n) is 21.9. The molecule has 0 spiro atoms. The Morgan fingerprint density at radius 3 is 2.37 bits per heavy atom. The second-order valence-electron chi connectivity index (χ2n) is 9.26. The molecule has 1 aliphatic heterocycles. The van der Waals surface area contributed by atoms with E-state index in [1.807, 2.05) is 0 Å². The van der Waals surface area contributed by atoms with E-state index in [2.05, 4.69) is 24.0 Å². The molecule has 224 valence electrons. The van der Waals surface area contributed by atoms with Crippen molar-refractivity contribution < 1.29 is 40.7 Å². The predicted octanol–water partition coefficient (Wildman–Crippen LogP) is 3.34. The Labute approximate surface area is 246 Å². The van der Waals surface area contributed by atoms with Gasteiger partial charge in [-0.25, -0.2) is 13.2 Å². The molecular weight excluding hydrogens is 613 g/mol. The van der Waals surface area contributed by atoms with Crippen molar-refractivity contribution in [1.82, 2.24) is 24.4 Å². The monoisotopic (exact) mass is 634 g/mol. The van der Waals surface area contributed by atoms with Gasteiger partial charge in [0.05, 0.1) is 11.2 Å². The Balaban J connectivity index is 1.42. The number of anilines is 1. The number of esters is 1. The summed E-state index contributed by atoms with van der Waals surface area (Å²) in [4.78, 5) is 44.5. The molecule has 0 aliphatic carbocycles. The normalized spacial score (nSPS) is 14.3. The minimum absolute atomic E-state index is 0.0995. The number of amides is 2. The molecule has 43 heavy (non-hydrogen) atoms. The third-order valence-corrected chi connectivity index (χ3v) is 8.34. The number of halogens is 3. The third-order valence-electron chi connectivity index (χ3n) is 6.44. The van der Waals surface area contributed by atoms with Crippen LogP contribution < -0.4 is 9.46 Å². The summed E-state index contributed by atoms with van der Waals surface area (Å²) >= 11 is 1.02. The molecule has 5 rings (SSSR count). The minimum atomic E-state index is -5.40. The first kappa shape index (κ1) is 29.8. The number of carbonyl (C=O) groups excluding carboxylic acids is 3. The Morgan fingerprint density at radius 2 is 1.67 bits per heavy atom. The molecule has 2 aromatic heterocycles. The van der Waals surface area contributed by atoms with Gasteiger partial charge in [-0.2, -0.15) is 13.2 Å². The van der Waals surface area contributed by atoms with Crippen LogP contribution in [0.4, 0.5) is 18.9 Å². The molecule has 1 fully saturated rings. The summed E-state index contributed by atoms with van der Waals surface area (Å²) in [6.45, 7) is 0.813. The number of aromatic nitrogens is 3. The fraction of sp³-hybridized carbons (Fsp3) is 0.231. The molecule has 0 atom stereocenters. The first-order valence-corrected chi connectivity index (χ1v) is 14.9. The second-order valence-corrected chi connectivity index (χ2v) is 11.5. The maximum absolute atomic E-state index is 13.3. The highest BCUT2D eigenvalue weighted by Crippen LogP contribution is 2.32. The first-order valence-electron chi connectivity index (χ1n) is 12.6. The molecular formula is C26H21F3N6O6S2. The summed E-state index contributed by atoms with van der Waals surface area (Å²) in [6, 6.07) is 10.7. The first-order chi connectivity index (χ1) is 20.4. The lowest BCUT2D eigenvalue weighted by atomic mass is 10.1. The second kappa shape index (κ2) is 11.9. The van der Waals surface area contributed by atoms with E-state index in [0.29, 0.717) is 18.4 Å². The number of nitrogens with one attached hydrogen (secondary N) is 1. The zero-order chi connectivity index (χ0) is 30.8. The maximum atomic E-state index is 13.3. The highest BCUT2D eigenvalue weighted by Gasteiger charge is 2.42. The van der Waals surface area contributed by atoms with Gasteiger partial charge in [0.25, 0.3) is 21.8 Å². The van der Waals surface area contributed by atoms with Crippen molar-refractivity contribution in [3.05, 3.63) is 71.4 Å². The summed E-state index contributed by atoms with van der Waals surface area (Å²) in [6.07, 6.45) is -3.61. The van der Waals surface area contributed by atoms with Crippen LogP contribution in [0.25, 0.3) is 10.9 Å². The van der Waals surface area contributed by atoms with E-state index in [-0.39, 0.29) is 47.2 Å². The van der Waals surface area contributed by atoms with Gasteiger partial charge in [0.15, 0.2) is 11.4 Å². The molecule has 3 heterocycles. The van der Waals surface area contributed by atoms with Crippen molar-refractivity contribution in [2.45, 2.75) is 17.5 Å². The third kappa shape index (κ3) is 6.56. The van der Waals surface area contributed by atoms with Crippen LogP contribution in [0.5, 0.6) is 5.75 Å². The Kier molecular flexibility index (Phi) is 8.27. The van der Waals surface area contributed by atoms with Crippen molar-refractivity contribution in [3.8, 4) is 5.75 Å². The lowest BCUT2D eigenvalue weighted by molar-refractivity contribution is -0.189. The number of alkyl halides is 3. The molecule has 12 nitrogen and oxygen atoms in total. The summed E-state index contributed by atoms with van der Waals surface area (Å²) in [5.74, 6) is -4.40. The van der Waals surface area contributed by atoms with E-state index in [0.717, 1.165) is 23.7 Å². The smallest absolute Gasteiger partial charge is 0.418 e. The summed E-state index contributed by atoms with van der Waals surface area (Å²) in [5, 5.41) is 5.77. The number of ether oxygens (including phenoxy) is 1. The Hall–Kier alpha value is -4.64. The molecule has 0 unspecified atom stereocenters. The Bertz CT molecular complexity index is 1800. The van der Waals surface area contributed by atoms with Crippen LogP contribution in [0.2, 0.25) is 0 Å². The number of hydrogen-bond acceptors (Lipinski definition) is 10. The number of nitrogens with zero attached hydrogens (tertiary/aromatic N) is 5. The van der Waals surface area contributed by atoms with Crippen LogP contribution >= 0.6 is 11.5 Å². The topological polar surface area (TPSA) is 152 Å². The maximum Gasteiger partial charge on any atom is 0.491 e. The number of fused-ring (bicyclic) bond motifs is 1. The largest absolute Gasteiger partial charge is 0.491 e. The van der Waals surface area contributed by atoms with E-state index in [9.17, 15) is 36.0 Å². The van der Waals surface area contributed by atoms with Gasteiger partial charge in [-0.3, -0.25) is 19.3 Å². The number of rotatable bonds is 6. The molecule has 1 aliphatic rings. The molecule has 0 radical (unpaired) electrons. The number of benzene rings is 2. The summed E-state index contributed by atoms with van der Waals surface area (Å²) in [5.41, 5.74) is -0.383. The van der Waals surface area contributed by atoms with E-state index >= 15 is 0 Å². The highest BCUT2D eigenvalue weighted by molar-refractivity contribution is 7.93. The fourth-order valence-corrected chi connectivity index (χ4v) is 6.08. The van der Waals surface area contributed by atoms with Gasteiger partial charge in [-0.05, 0) is 48.3 Å². The molecule has 2 aromatic carbocycles. The van der Waals surface area contributed by atoms with Crippen LogP contribution in [0, 0.1) is 0 Å². The standard InChI is InChI=1S/C26H21F3N6O6S2/c27-26(28,29)25(38)41-20-14-17(23(36)34-10-3-11-35(13-12-34)24(37)19-15-42-33-31-19)7-8-18(20)32-43(39,40)21-6-1-4-16-5-2-9-30-22(16)21/h1-2,4-9,14-15,32H,3,10-13H2. The highest BCUT2D eigenvalue weighted by atomic mass is 32.2. The predicted molar refractivity (Wildman–Crippen MR) is 147 cm³/mol. The van der Waals surface area contributed by atoms with E-state index in [1.165, 1.54) is 39.6 Å². The quantitative estimate of drug-likeness (QED) is 0.249. The van der Waals surface area contributed by atoms with E-state index in [1.54, 1.807) is 18.2 Å². The van der Waals surface area contributed by atoms with Crippen molar-refractivity contribution in [2.24, 2.45) is 0 Å². The van der Waals surface area contributed by atoms with Gasteiger partial charge < -0.3 is 14.5 Å². The Morgan fingerprint density at radius 1 is 0.953 bits per heavy atom. The van der Waals surface area contributed by atoms with Gasteiger partial charge in [0.2, 0.25) is 0 Å². The molecule has 0 bridgehead atoms. The number of pyridine rings is 1. The van der Waals surface area contributed by atoms with Gasteiger partial charge in [0.1, 0.15) is 4.90 Å². The fourth-order valence-electron chi connectivity index (χ4n) is 4.40. The molecule has 1 saturated heterocycles. The van der Waals surface area contributed by atoms with Gasteiger partial charge >= 0.3 is 12.1 Å². The van der Waals surface area contributed by atoms with Crippen LogP contribution in [0.15, 0.2) is 65.0 Å². The number of sulfonamides is 1. The van der Waals surface area contributed by atoms with E-state index < -0.39 is 39.5 Å². The number of para-hydroxylation sites is 1. The average Bonchev–Trinajstić information content (AvgIpc) is 3.41. The van der Waals surface area contributed by atoms with Gasteiger partial charge in [-0.15, -0.1) is 5.10 Å². The zero-order valence-corrected chi connectivity index (χ0v) is 23.6. The summed E-state index contributed by atoms with van der Waals surface area (Å²) in [7, 11) is -4.45. The van der Waals surface area contributed by atoms with Crippen molar-refractivity contribution in [3.63, 3.8) is 0 Å². The number of carbonyl (C=O) groups is 3. The van der Waals surface area contributed by atoms with E-state index in [4.69, 9.17) is 0 Å². The lowest BCUT2D eigenvalue weighted by Gasteiger charge is -2.22. The minimum Gasteiger partial charge on any atom is -0.418 e. The van der Waals surface area contributed by atoms with Gasteiger partial charge in [0, 0.05) is 48.7 Å². The molecule has 0 saturated carbocycles. The SMILES string of the molecule is O=C(c1ccc(NS(=O)(=O)c2cccc3cccnc23)c(OC(=O)C(F)(F)F)c1)N1CCCN(C(=O)c2csnn2)CC1. The summed E-state index contributed by atoms with van der Waals surface area (Å²) < 4.78 is 76.3. The molecule has 1 N–H and O–H groups in total. The van der Waals surface area contributed by atoms with Crippen LogP contribution in [-0.4, -0.2) is 82.9 Å². The van der Waals surface area contributed by atoms with Crippen molar-refractivity contribution in [1.29, 1.82) is 0 Å². The molecule has 17 heteroatoms. The average molecular weight is 635 g/mol. The lowest BCUT2D eigenvalue weighted by Crippen LogP contribution is -2.37. The van der Waals surface area contributed by atoms with Crippen LogP contribution in [0.1, 0.15) is 27.3 Å². The van der Waals surface area contributed by atoms with Crippen LogP contribution in [0.3, 0.4) is 0 Å². The van der Waals surface area contributed by atoms with Crippen LogP contribution in [-0.2, 0) is 14.8 Å². The molecule has 4 aromatic rings. The van der Waals surface area contributed by atoms with Gasteiger partial charge in [-0.1, -0.05) is 22.7 Å².